The molecule has 1 amide bonds. The van der Waals surface area contributed by atoms with Gasteiger partial charge in [-0.15, -0.1) is 0 Å². The lowest BCUT2D eigenvalue weighted by molar-refractivity contribution is -0.130. The van der Waals surface area contributed by atoms with Gasteiger partial charge < -0.3 is 0 Å². The second kappa shape index (κ2) is 3.42. The molecule has 20 heavy (non-hydrogen) atoms. The molecule has 4 aliphatic rings. The van der Waals surface area contributed by atoms with Crippen LogP contribution in [0.15, 0.2) is 0 Å². The van der Waals surface area contributed by atoms with E-state index in [1.54, 1.807) is 0 Å². The number of carbonyl (C=O) groups excluding carboxylic acids is 1. The molecule has 0 radical (unpaired) electrons. The first-order valence-corrected chi connectivity index (χ1v) is 9.37. The predicted molar refractivity (Wildman–Crippen MR) is 75.2 cm³/mol. The van der Waals surface area contributed by atoms with E-state index in [2.05, 4.69) is 13.8 Å². The maximum atomic E-state index is 12.6. The van der Waals surface area contributed by atoms with Crippen LogP contribution in [-0.4, -0.2) is 30.4 Å². The summed E-state index contributed by atoms with van der Waals surface area (Å²) in [6.07, 6.45) is 3.84. The Morgan fingerprint density at radius 1 is 1.25 bits per heavy atom. The van der Waals surface area contributed by atoms with Crippen LogP contribution in [0.25, 0.3) is 0 Å². The van der Waals surface area contributed by atoms with Gasteiger partial charge in [-0.25, -0.2) is 12.7 Å². The zero-order valence-electron chi connectivity index (χ0n) is 12.4. The van der Waals surface area contributed by atoms with Crippen molar-refractivity contribution in [3.63, 3.8) is 0 Å². The van der Waals surface area contributed by atoms with Gasteiger partial charge in [-0.05, 0) is 42.9 Å². The lowest BCUT2D eigenvalue weighted by Gasteiger charge is -2.37. The third-order valence-electron chi connectivity index (χ3n) is 7.06. The van der Waals surface area contributed by atoms with Gasteiger partial charge in [0.25, 0.3) is 0 Å². The predicted octanol–water partition coefficient (Wildman–Crippen LogP) is 2.01. The summed E-state index contributed by atoms with van der Waals surface area (Å²) in [6, 6.07) is -0.0541. The van der Waals surface area contributed by atoms with Crippen molar-refractivity contribution in [3.05, 3.63) is 0 Å². The van der Waals surface area contributed by atoms with Crippen molar-refractivity contribution in [1.82, 2.24) is 4.31 Å². The van der Waals surface area contributed by atoms with Crippen molar-refractivity contribution in [1.29, 1.82) is 0 Å². The minimum atomic E-state index is -3.41. The quantitative estimate of drug-likeness (QED) is 0.744. The van der Waals surface area contributed by atoms with Gasteiger partial charge in [-0.3, -0.25) is 4.79 Å². The average Bonchev–Trinajstić information content (AvgIpc) is 2.88. The standard InChI is InChI=1S/C15H23NO3S/c1-9-6-11(9)13(17)16-12-7-10-4-5-15(12,14(10,2)3)8-20(16,18)19/h9-12H,4-8H2,1-3H3/t9-,10+,11-,12+,15+/m0/s1. The normalized spacial score (nSPS) is 50.2. The van der Waals surface area contributed by atoms with Crippen molar-refractivity contribution in [2.45, 2.75) is 52.5 Å². The van der Waals surface area contributed by atoms with E-state index in [9.17, 15) is 13.2 Å². The molecule has 5 atom stereocenters. The Morgan fingerprint density at radius 3 is 2.45 bits per heavy atom. The molecule has 112 valence electrons. The van der Waals surface area contributed by atoms with Crippen LogP contribution in [0, 0.1) is 28.6 Å². The van der Waals surface area contributed by atoms with Crippen molar-refractivity contribution >= 4 is 15.9 Å². The Kier molecular flexibility index (Phi) is 2.24. The zero-order valence-corrected chi connectivity index (χ0v) is 13.2. The van der Waals surface area contributed by atoms with E-state index in [0.29, 0.717) is 11.8 Å². The fourth-order valence-electron chi connectivity index (χ4n) is 5.41. The summed E-state index contributed by atoms with van der Waals surface area (Å²) in [7, 11) is -3.41. The molecule has 1 spiro atoms. The molecular formula is C15H23NO3S. The van der Waals surface area contributed by atoms with Gasteiger partial charge in [-0.1, -0.05) is 20.8 Å². The summed E-state index contributed by atoms with van der Waals surface area (Å²) in [5.41, 5.74) is -0.126. The van der Waals surface area contributed by atoms with Crippen LogP contribution in [0.1, 0.15) is 46.5 Å². The fraction of sp³-hybridized carbons (Fsp3) is 0.933. The molecule has 1 saturated heterocycles. The van der Waals surface area contributed by atoms with Crippen molar-refractivity contribution in [2.75, 3.05) is 5.75 Å². The molecule has 2 bridgehead atoms. The maximum Gasteiger partial charge on any atom is 0.239 e. The van der Waals surface area contributed by atoms with Crippen LogP contribution in [0.5, 0.6) is 0 Å². The monoisotopic (exact) mass is 297 g/mol. The molecule has 5 heteroatoms. The molecule has 4 nitrogen and oxygen atoms in total. The van der Waals surface area contributed by atoms with E-state index in [1.165, 1.54) is 4.31 Å². The first kappa shape index (κ1) is 13.1. The third-order valence-corrected chi connectivity index (χ3v) is 8.97. The lowest BCUT2D eigenvalue weighted by Crippen LogP contribution is -2.44. The highest BCUT2D eigenvalue weighted by Gasteiger charge is 2.72. The van der Waals surface area contributed by atoms with Gasteiger partial charge in [-0.2, -0.15) is 0 Å². The van der Waals surface area contributed by atoms with Crippen LogP contribution in [0.2, 0.25) is 0 Å². The topological polar surface area (TPSA) is 54.5 Å². The molecule has 0 N–H and O–H groups in total. The van der Waals surface area contributed by atoms with Crippen LogP contribution >= 0.6 is 0 Å². The van der Waals surface area contributed by atoms with E-state index in [-0.39, 0.29) is 34.4 Å². The molecule has 0 unspecified atom stereocenters. The fourth-order valence-corrected chi connectivity index (χ4v) is 7.99. The highest BCUT2D eigenvalue weighted by molar-refractivity contribution is 7.90. The van der Waals surface area contributed by atoms with Gasteiger partial charge in [0.2, 0.25) is 15.9 Å². The number of fused-ring (bicyclic) bond motifs is 1. The smallest absolute Gasteiger partial charge is 0.239 e. The van der Waals surface area contributed by atoms with E-state index in [0.717, 1.165) is 25.7 Å². The highest BCUT2D eigenvalue weighted by Crippen LogP contribution is 2.70. The Labute approximate surface area is 121 Å². The Morgan fingerprint density at radius 2 is 1.90 bits per heavy atom. The van der Waals surface area contributed by atoms with E-state index < -0.39 is 10.0 Å². The minimum absolute atomic E-state index is 0.0397. The van der Waals surface area contributed by atoms with Crippen molar-refractivity contribution < 1.29 is 13.2 Å². The summed E-state index contributed by atoms with van der Waals surface area (Å²) in [6.45, 7) is 6.47. The number of amides is 1. The molecule has 1 heterocycles. The van der Waals surface area contributed by atoms with Gasteiger partial charge >= 0.3 is 0 Å². The second-order valence-electron chi connectivity index (χ2n) is 8.07. The zero-order chi connectivity index (χ0) is 14.5. The summed E-state index contributed by atoms with van der Waals surface area (Å²) in [5, 5.41) is 0. The summed E-state index contributed by atoms with van der Waals surface area (Å²) in [4.78, 5) is 12.6. The largest absolute Gasteiger partial charge is 0.273 e. The number of rotatable bonds is 1. The van der Waals surface area contributed by atoms with E-state index >= 15 is 0 Å². The second-order valence-corrected chi connectivity index (χ2v) is 9.92. The van der Waals surface area contributed by atoms with E-state index in [1.807, 2.05) is 6.92 Å². The first-order valence-electron chi connectivity index (χ1n) is 7.77. The Hall–Kier alpha value is -0.580. The highest BCUT2D eigenvalue weighted by atomic mass is 32.2. The molecule has 4 rings (SSSR count). The number of nitrogens with zero attached hydrogens (tertiary/aromatic N) is 1. The molecule has 4 fully saturated rings. The molecular weight excluding hydrogens is 274 g/mol. The number of hydrogen-bond acceptors (Lipinski definition) is 3. The summed E-state index contributed by atoms with van der Waals surface area (Å²) >= 11 is 0. The Balaban J connectivity index is 1.77. The molecule has 0 aromatic carbocycles. The number of sulfonamides is 1. The first-order chi connectivity index (χ1) is 9.21. The number of hydrogen-bond donors (Lipinski definition) is 0. The van der Waals surface area contributed by atoms with Crippen molar-refractivity contribution in [2.24, 2.45) is 28.6 Å². The molecule has 3 aliphatic carbocycles. The van der Waals surface area contributed by atoms with Gasteiger partial charge in [0.05, 0.1) is 11.8 Å². The summed E-state index contributed by atoms with van der Waals surface area (Å²) < 4.78 is 26.6. The van der Waals surface area contributed by atoms with Crippen LogP contribution in [0.3, 0.4) is 0 Å². The van der Waals surface area contributed by atoms with Crippen LogP contribution in [-0.2, 0) is 14.8 Å². The third kappa shape index (κ3) is 1.29. The van der Waals surface area contributed by atoms with Crippen LogP contribution in [0.4, 0.5) is 0 Å². The molecule has 0 aromatic heterocycles. The van der Waals surface area contributed by atoms with Gasteiger partial charge in [0.15, 0.2) is 0 Å². The van der Waals surface area contributed by atoms with Gasteiger partial charge in [0.1, 0.15) is 0 Å². The van der Waals surface area contributed by atoms with E-state index in [4.69, 9.17) is 0 Å². The molecule has 3 saturated carbocycles. The minimum Gasteiger partial charge on any atom is -0.273 e. The Bertz CT molecular complexity index is 596. The van der Waals surface area contributed by atoms with Gasteiger partial charge in [0, 0.05) is 11.3 Å². The van der Waals surface area contributed by atoms with Crippen molar-refractivity contribution in [3.8, 4) is 0 Å². The maximum absolute atomic E-state index is 12.6. The SMILES string of the molecule is C[C@H]1C[C@@H]1C(=O)N1[C@@H]2C[C@H]3CC[C@]2(CS1(=O)=O)C3(C)C. The average molecular weight is 297 g/mol. The lowest BCUT2D eigenvalue weighted by atomic mass is 9.69. The van der Waals surface area contributed by atoms with Crippen LogP contribution < -0.4 is 0 Å². The molecule has 0 aromatic rings. The molecule has 1 aliphatic heterocycles. The number of carbonyl (C=O) groups is 1. The summed E-state index contributed by atoms with van der Waals surface area (Å²) in [5.74, 6) is 0.988.